The molecule has 4 aromatic rings. The summed E-state index contributed by atoms with van der Waals surface area (Å²) in [7, 11) is -0.446. The van der Waals surface area contributed by atoms with Crippen LogP contribution in [0.15, 0.2) is 97.1 Å². The molecule has 1 radical (unpaired) electrons. The molecule has 0 saturated heterocycles. The van der Waals surface area contributed by atoms with Crippen molar-refractivity contribution in [3.63, 3.8) is 0 Å². The normalized spacial score (nSPS) is 9.89. The molecule has 4 rings (SSSR count). The first kappa shape index (κ1) is 21.3. The van der Waals surface area contributed by atoms with E-state index in [9.17, 15) is 0 Å². The van der Waals surface area contributed by atoms with Gasteiger partial charge in [-0.1, -0.05) is 104 Å². The molecule has 0 aliphatic heterocycles. The molecule has 3 aromatic carbocycles. The summed E-state index contributed by atoms with van der Waals surface area (Å²) in [4.78, 5) is 3.08. The van der Waals surface area contributed by atoms with Gasteiger partial charge in [-0.15, -0.1) is 5.69 Å². The monoisotopic (exact) mass is 458 g/mol. The minimum absolute atomic E-state index is 0. The Kier molecular flexibility index (Phi) is 8.66. The van der Waals surface area contributed by atoms with Crippen LogP contribution in [0.4, 0.5) is 0 Å². The van der Waals surface area contributed by atoms with Crippen LogP contribution in [0.5, 0.6) is 0 Å². The van der Waals surface area contributed by atoms with Gasteiger partial charge >= 0.3 is 19.5 Å². The summed E-state index contributed by atoms with van der Waals surface area (Å²) in [6, 6.07) is 37.3. The van der Waals surface area contributed by atoms with Gasteiger partial charge in [-0.25, -0.2) is 12.1 Å². The van der Waals surface area contributed by atoms with E-state index < -0.39 is 7.92 Å². The predicted octanol–water partition coefficient (Wildman–Crippen LogP) is 4.87. The van der Waals surface area contributed by atoms with Gasteiger partial charge in [0.15, 0.2) is 0 Å². The molecule has 27 heavy (non-hydrogen) atoms. The summed E-state index contributed by atoms with van der Waals surface area (Å²) in [6.07, 6.45) is 0. The van der Waals surface area contributed by atoms with Crippen LogP contribution in [-0.4, -0.2) is 4.98 Å². The zero-order chi connectivity index (χ0) is 18.2. The minimum atomic E-state index is -0.446. The Hall–Kier alpha value is -2.01. The number of benzene rings is 3. The molecule has 137 valence electrons. The molecule has 1 N–H and O–H groups in total. The third-order valence-corrected chi connectivity index (χ3v) is 6.38. The summed E-state index contributed by atoms with van der Waals surface area (Å²) in [5, 5.41) is 4.19. The van der Waals surface area contributed by atoms with Gasteiger partial charge in [-0.3, -0.25) is 0 Å². The minimum Gasteiger partial charge on any atom is -0.456 e. The maximum Gasteiger partial charge on any atom is 1.00 e. The molecule has 0 spiro atoms. The zero-order valence-electron chi connectivity index (χ0n) is 15.5. The molecular weight excluding hydrogens is 434 g/mol. The molecule has 0 atom stereocenters. The molecule has 1 nitrogen and oxygen atoms in total. The van der Waals surface area contributed by atoms with Crippen molar-refractivity contribution in [3.05, 3.63) is 115 Å². The van der Waals surface area contributed by atoms with Gasteiger partial charge in [0.2, 0.25) is 0 Å². The van der Waals surface area contributed by atoms with Gasteiger partial charge in [0.25, 0.3) is 0 Å². The van der Waals surface area contributed by atoms with E-state index >= 15 is 0 Å². The number of hydrogen-bond donors (Lipinski definition) is 1. The molecule has 1 heterocycles. The van der Waals surface area contributed by atoms with Crippen molar-refractivity contribution in [1.82, 2.24) is 4.98 Å². The van der Waals surface area contributed by atoms with E-state index in [0.29, 0.717) is 0 Å². The number of aryl methyl sites for hydroxylation is 2. The van der Waals surface area contributed by atoms with Crippen LogP contribution in [0.2, 0.25) is 0 Å². The summed E-state index contributed by atoms with van der Waals surface area (Å²) in [5.74, 6) is 0. The number of aromatic amines is 1. The number of hydrogen-bond acceptors (Lipinski definition) is 0. The number of aromatic nitrogens is 1. The van der Waals surface area contributed by atoms with Crippen LogP contribution in [0.1, 0.15) is 11.4 Å². The molecular formula is C24H23NPRu. The summed E-state index contributed by atoms with van der Waals surface area (Å²) in [6.45, 7) is 4.01. The molecule has 0 bridgehead atoms. The second kappa shape index (κ2) is 11.0. The van der Waals surface area contributed by atoms with Crippen LogP contribution in [0.3, 0.4) is 0 Å². The average molecular weight is 457 g/mol. The maximum atomic E-state index is 3.08. The van der Waals surface area contributed by atoms with E-state index in [2.05, 4.69) is 102 Å². The molecule has 1 aromatic heterocycles. The van der Waals surface area contributed by atoms with Gasteiger partial charge in [-0.2, -0.15) is 0 Å². The SMILES string of the molecule is Cc1[c-]cc(C)[nH]1.[Ru+].c1ccc(P(c2ccccc2)c2ccccc2)cc1. The van der Waals surface area contributed by atoms with Crippen molar-refractivity contribution in [1.29, 1.82) is 0 Å². The van der Waals surface area contributed by atoms with Gasteiger partial charge in [0.1, 0.15) is 0 Å². The van der Waals surface area contributed by atoms with Crippen LogP contribution in [0.25, 0.3) is 0 Å². The fourth-order valence-corrected chi connectivity index (χ4v) is 5.07. The fourth-order valence-electron chi connectivity index (χ4n) is 2.76. The van der Waals surface area contributed by atoms with E-state index in [1.165, 1.54) is 21.6 Å². The van der Waals surface area contributed by atoms with E-state index in [1.807, 2.05) is 19.9 Å². The largest absolute Gasteiger partial charge is 1.00 e. The second-order valence-electron chi connectivity index (χ2n) is 6.06. The number of rotatable bonds is 3. The molecule has 0 aliphatic carbocycles. The van der Waals surface area contributed by atoms with Crippen LogP contribution < -0.4 is 15.9 Å². The Morgan fingerprint density at radius 3 is 1.22 bits per heavy atom. The third-order valence-electron chi connectivity index (χ3n) is 3.93. The Bertz CT molecular complexity index is 794. The quantitative estimate of drug-likeness (QED) is 0.257. The number of H-pyrrole nitrogens is 1. The Morgan fingerprint density at radius 2 is 1.00 bits per heavy atom. The zero-order valence-corrected chi connectivity index (χ0v) is 18.2. The van der Waals surface area contributed by atoms with Crippen molar-refractivity contribution in [2.24, 2.45) is 0 Å². The molecule has 0 amide bonds. The Labute approximate surface area is 176 Å². The topological polar surface area (TPSA) is 15.8 Å². The molecule has 0 saturated carbocycles. The summed E-state index contributed by atoms with van der Waals surface area (Å²) in [5.41, 5.74) is 2.29. The van der Waals surface area contributed by atoms with E-state index in [-0.39, 0.29) is 19.5 Å². The Balaban J connectivity index is 0.000000278. The van der Waals surface area contributed by atoms with Gasteiger partial charge in [-0.05, 0) is 30.8 Å². The second-order valence-corrected chi connectivity index (χ2v) is 8.28. The van der Waals surface area contributed by atoms with Gasteiger partial charge in [0, 0.05) is 0 Å². The number of nitrogens with one attached hydrogen (secondary N) is 1. The van der Waals surface area contributed by atoms with Crippen LogP contribution in [-0.2, 0) is 19.5 Å². The van der Waals surface area contributed by atoms with Crippen LogP contribution >= 0.6 is 7.92 Å². The van der Waals surface area contributed by atoms with Gasteiger partial charge < -0.3 is 4.98 Å². The molecule has 0 unspecified atom stereocenters. The van der Waals surface area contributed by atoms with Crippen molar-refractivity contribution < 1.29 is 19.5 Å². The van der Waals surface area contributed by atoms with Crippen LogP contribution in [0, 0.1) is 19.9 Å². The van der Waals surface area contributed by atoms with E-state index in [1.54, 1.807) is 0 Å². The third kappa shape index (κ3) is 6.28. The van der Waals surface area contributed by atoms with Crippen molar-refractivity contribution in [3.8, 4) is 0 Å². The standard InChI is InChI=1S/C18H15P.C6H8N.Ru/c1-4-10-16(11-5-1)19(17-12-6-2-7-13-17)18-14-8-3-9-15-18;1-5-3-4-6(2)7-5;/h1-15H;3,7H,1-2H3;/q;-1;+1. The molecule has 0 aliphatic rings. The average Bonchev–Trinajstić information content (AvgIpc) is 3.08. The summed E-state index contributed by atoms with van der Waals surface area (Å²) < 4.78 is 0. The van der Waals surface area contributed by atoms with Crippen molar-refractivity contribution in [2.45, 2.75) is 13.8 Å². The Morgan fingerprint density at radius 1 is 0.630 bits per heavy atom. The predicted molar refractivity (Wildman–Crippen MR) is 114 cm³/mol. The maximum absolute atomic E-state index is 3.08. The fraction of sp³-hybridized carbons (Fsp3) is 0.0833. The molecule has 3 heteroatoms. The van der Waals surface area contributed by atoms with E-state index in [4.69, 9.17) is 0 Å². The molecule has 0 fully saturated rings. The first-order chi connectivity index (χ1) is 12.7. The van der Waals surface area contributed by atoms with Crippen molar-refractivity contribution in [2.75, 3.05) is 0 Å². The van der Waals surface area contributed by atoms with E-state index in [0.717, 1.165) is 5.69 Å². The first-order valence-electron chi connectivity index (χ1n) is 8.73. The van der Waals surface area contributed by atoms with Crippen molar-refractivity contribution >= 4 is 23.8 Å². The van der Waals surface area contributed by atoms with Gasteiger partial charge in [0.05, 0.1) is 0 Å². The first-order valence-corrected chi connectivity index (χ1v) is 10.1. The smallest absolute Gasteiger partial charge is 0.456 e. The summed E-state index contributed by atoms with van der Waals surface area (Å²) >= 11 is 0.